The monoisotopic (exact) mass is 218 g/mol. The van der Waals surface area contributed by atoms with Crippen LogP contribution >= 0.6 is 0 Å². The van der Waals surface area contributed by atoms with Crippen molar-refractivity contribution in [3.63, 3.8) is 0 Å². The van der Waals surface area contributed by atoms with Gasteiger partial charge in [0, 0.05) is 23.1 Å². The Morgan fingerprint density at radius 1 is 1.38 bits per heavy atom. The van der Waals surface area contributed by atoms with Gasteiger partial charge in [0.1, 0.15) is 5.75 Å². The van der Waals surface area contributed by atoms with Crippen molar-refractivity contribution < 1.29 is 4.74 Å². The molecule has 0 fully saturated rings. The number of nitrogens with two attached hydrogens (primary N) is 1. The number of ether oxygens (including phenoxy) is 1. The number of nitrogens with one attached hydrogen (secondary N) is 1. The molecule has 2 aromatic rings. The lowest BCUT2D eigenvalue weighted by molar-refractivity contribution is 0.318. The number of hydrogen-bond acceptors (Lipinski definition) is 2. The second kappa shape index (κ2) is 4.58. The SMILES string of the molecule is CCCOc1ccc2[nH]c(C)c(CN)c2c1. The predicted octanol–water partition coefficient (Wildman–Crippen LogP) is 2.72. The van der Waals surface area contributed by atoms with Crippen LogP contribution in [0.4, 0.5) is 0 Å². The number of aromatic amines is 1. The van der Waals surface area contributed by atoms with Crippen molar-refractivity contribution in [3.8, 4) is 5.75 Å². The topological polar surface area (TPSA) is 51.0 Å². The molecule has 2 rings (SSSR count). The van der Waals surface area contributed by atoms with Crippen molar-refractivity contribution >= 4 is 10.9 Å². The summed E-state index contributed by atoms with van der Waals surface area (Å²) in [5, 5.41) is 1.17. The fraction of sp³-hybridized carbons (Fsp3) is 0.385. The Balaban J connectivity index is 2.42. The normalized spacial score (nSPS) is 10.9. The summed E-state index contributed by atoms with van der Waals surface area (Å²) in [4.78, 5) is 3.33. The second-order valence-electron chi connectivity index (χ2n) is 3.99. The number of H-pyrrole nitrogens is 1. The van der Waals surface area contributed by atoms with E-state index in [0.29, 0.717) is 6.54 Å². The maximum Gasteiger partial charge on any atom is 0.120 e. The van der Waals surface area contributed by atoms with Gasteiger partial charge in [-0.1, -0.05) is 6.92 Å². The zero-order valence-corrected chi connectivity index (χ0v) is 9.84. The summed E-state index contributed by atoms with van der Waals surface area (Å²) >= 11 is 0. The van der Waals surface area contributed by atoms with Gasteiger partial charge in [0.2, 0.25) is 0 Å². The minimum atomic E-state index is 0.559. The Morgan fingerprint density at radius 3 is 2.88 bits per heavy atom. The number of aryl methyl sites for hydroxylation is 1. The van der Waals surface area contributed by atoms with E-state index >= 15 is 0 Å². The molecule has 0 amide bonds. The molecule has 0 bridgehead atoms. The molecule has 1 aromatic heterocycles. The van der Waals surface area contributed by atoms with Crippen LogP contribution in [0.5, 0.6) is 5.75 Å². The molecule has 0 radical (unpaired) electrons. The Labute approximate surface area is 95.6 Å². The molecule has 0 aliphatic rings. The lowest BCUT2D eigenvalue weighted by Crippen LogP contribution is -1.97. The summed E-state index contributed by atoms with van der Waals surface area (Å²) in [6.07, 6.45) is 1.02. The lowest BCUT2D eigenvalue weighted by atomic mass is 10.1. The Hall–Kier alpha value is -1.48. The van der Waals surface area contributed by atoms with Crippen molar-refractivity contribution in [2.45, 2.75) is 26.8 Å². The highest BCUT2D eigenvalue weighted by molar-refractivity contribution is 5.85. The molecule has 0 aliphatic carbocycles. The summed E-state index contributed by atoms with van der Waals surface area (Å²) in [6.45, 7) is 5.47. The number of benzene rings is 1. The fourth-order valence-electron chi connectivity index (χ4n) is 1.93. The number of rotatable bonds is 4. The zero-order chi connectivity index (χ0) is 11.5. The van der Waals surface area contributed by atoms with Crippen LogP contribution in [0.2, 0.25) is 0 Å². The molecule has 0 aliphatic heterocycles. The molecule has 3 heteroatoms. The minimum Gasteiger partial charge on any atom is -0.494 e. The maximum atomic E-state index is 5.75. The van der Waals surface area contributed by atoms with E-state index in [1.807, 2.05) is 12.1 Å². The van der Waals surface area contributed by atoms with Crippen molar-refractivity contribution in [1.82, 2.24) is 4.98 Å². The van der Waals surface area contributed by atoms with Crippen molar-refractivity contribution in [1.29, 1.82) is 0 Å². The smallest absolute Gasteiger partial charge is 0.120 e. The van der Waals surface area contributed by atoms with Gasteiger partial charge in [-0.05, 0) is 37.1 Å². The van der Waals surface area contributed by atoms with Crippen LogP contribution in [0.3, 0.4) is 0 Å². The third kappa shape index (κ3) is 1.91. The maximum absolute atomic E-state index is 5.75. The molecule has 0 spiro atoms. The fourth-order valence-corrected chi connectivity index (χ4v) is 1.93. The van der Waals surface area contributed by atoms with Gasteiger partial charge in [-0.15, -0.1) is 0 Å². The van der Waals surface area contributed by atoms with E-state index in [9.17, 15) is 0 Å². The van der Waals surface area contributed by atoms with Crippen LogP contribution in [0, 0.1) is 6.92 Å². The van der Waals surface area contributed by atoms with Crippen molar-refractivity contribution in [3.05, 3.63) is 29.5 Å². The molecule has 1 heterocycles. The molecule has 0 atom stereocenters. The van der Waals surface area contributed by atoms with Gasteiger partial charge in [-0.3, -0.25) is 0 Å². The van der Waals surface area contributed by atoms with Crippen LogP contribution in [0.25, 0.3) is 10.9 Å². The molecular weight excluding hydrogens is 200 g/mol. The molecule has 3 nitrogen and oxygen atoms in total. The molecule has 0 saturated heterocycles. The second-order valence-corrected chi connectivity index (χ2v) is 3.99. The number of aromatic nitrogens is 1. The molecule has 1 aromatic carbocycles. The van der Waals surface area contributed by atoms with E-state index in [2.05, 4.69) is 24.9 Å². The van der Waals surface area contributed by atoms with Crippen molar-refractivity contribution in [2.24, 2.45) is 5.73 Å². The third-order valence-corrected chi connectivity index (χ3v) is 2.77. The summed E-state index contributed by atoms with van der Waals surface area (Å²) in [7, 11) is 0. The van der Waals surface area contributed by atoms with Gasteiger partial charge in [-0.2, -0.15) is 0 Å². The Morgan fingerprint density at radius 2 is 2.19 bits per heavy atom. The molecular formula is C13H18N2O. The predicted molar refractivity (Wildman–Crippen MR) is 66.7 cm³/mol. The largest absolute Gasteiger partial charge is 0.494 e. The molecule has 86 valence electrons. The zero-order valence-electron chi connectivity index (χ0n) is 9.84. The first-order chi connectivity index (χ1) is 7.76. The van der Waals surface area contributed by atoms with E-state index in [4.69, 9.17) is 10.5 Å². The highest BCUT2D eigenvalue weighted by Gasteiger charge is 2.07. The van der Waals surface area contributed by atoms with Gasteiger partial charge in [0.25, 0.3) is 0 Å². The van der Waals surface area contributed by atoms with Crippen LogP contribution in [0.1, 0.15) is 24.6 Å². The van der Waals surface area contributed by atoms with Crippen LogP contribution in [-0.2, 0) is 6.54 Å². The van der Waals surface area contributed by atoms with E-state index in [-0.39, 0.29) is 0 Å². The highest BCUT2D eigenvalue weighted by atomic mass is 16.5. The van der Waals surface area contributed by atoms with E-state index in [1.165, 1.54) is 10.9 Å². The average molecular weight is 218 g/mol. The minimum absolute atomic E-state index is 0.559. The summed E-state index contributed by atoms with van der Waals surface area (Å²) in [6, 6.07) is 6.11. The van der Waals surface area contributed by atoms with E-state index < -0.39 is 0 Å². The summed E-state index contributed by atoms with van der Waals surface area (Å²) in [5.41, 5.74) is 9.20. The van der Waals surface area contributed by atoms with Crippen LogP contribution < -0.4 is 10.5 Å². The molecule has 16 heavy (non-hydrogen) atoms. The third-order valence-electron chi connectivity index (χ3n) is 2.77. The van der Waals surface area contributed by atoms with E-state index in [1.54, 1.807) is 0 Å². The first-order valence-electron chi connectivity index (χ1n) is 5.70. The van der Waals surface area contributed by atoms with Crippen LogP contribution in [0.15, 0.2) is 18.2 Å². The number of fused-ring (bicyclic) bond motifs is 1. The Bertz CT molecular complexity index is 488. The average Bonchev–Trinajstić information content (AvgIpc) is 2.61. The van der Waals surface area contributed by atoms with Crippen LogP contribution in [-0.4, -0.2) is 11.6 Å². The first kappa shape index (κ1) is 11.0. The molecule has 3 N–H and O–H groups in total. The van der Waals surface area contributed by atoms with Gasteiger partial charge >= 0.3 is 0 Å². The van der Waals surface area contributed by atoms with Gasteiger partial charge < -0.3 is 15.5 Å². The standard InChI is InChI=1S/C13H18N2O/c1-3-6-16-10-4-5-13-11(7-10)12(8-14)9(2)15-13/h4-5,7,15H,3,6,8,14H2,1-2H3. The highest BCUT2D eigenvalue weighted by Crippen LogP contribution is 2.26. The molecule has 0 unspecified atom stereocenters. The Kier molecular flexibility index (Phi) is 3.15. The van der Waals surface area contributed by atoms with Gasteiger partial charge in [0.15, 0.2) is 0 Å². The molecule has 0 saturated carbocycles. The number of hydrogen-bond donors (Lipinski definition) is 2. The summed E-state index contributed by atoms with van der Waals surface area (Å²) in [5.74, 6) is 0.919. The van der Waals surface area contributed by atoms with Crippen molar-refractivity contribution in [2.75, 3.05) is 6.61 Å². The van der Waals surface area contributed by atoms with E-state index in [0.717, 1.165) is 30.0 Å². The summed E-state index contributed by atoms with van der Waals surface area (Å²) < 4.78 is 5.62. The first-order valence-corrected chi connectivity index (χ1v) is 5.70. The lowest BCUT2D eigenvalue weighted by Gasteiger charge is -2.04. The van der Waals surface area contributed by atoms with Gasteiger partial charge in [-0.25, -0.2) is 0 Å². The quantitative estimate of drug-likeness (QED) is 0.829. The van der Waals surface area contributed by atoms with Gasteiger partial charge in [0.05, 0.1) is 6.61 Å².